The highest BCUT2D eigenvalue weighted by Gasteiger charge is 2.53. The largest absolute Gasteiger partial charge is 0.492 e. The first kappa shape index (κ1) is 23.1. The molecular formula is C24H35N3O4. The van der Waals surface area contributed by atoms with Crippen molar-refractivity contribution in [2.75, 3.05) is 26.7 Å². The third kappa shape index (κ3) is 5.02. The van der Waals surface area contributed by atoms with Gasteiger partial charge in [-0.2, -0.15) is 0 Å². The van der Waals surface area contributed by atoms with E-state index in [4.69, 9.17) is 4.74 Å². The van der Waals surface area contributed by atoms with Gasteiger partial charge in [0.1, 0.15) is 24.4 Å². The van der Waals surface area contributed by atoms with Crippen molar-refractivity contribution in [2.24, 2.45) is 11.3 Å². The standard InChI is InChI=1S/C24H35N3O4/c1-5-23(2,3)18-11-13-24(14-12-18)21(29)27(22(30)25-24)17-20(28)26(4)15-16-31-19-9-7-6-8-10-19/h6-10,18H,5,11-17H2,1-4H3,(H,25,30). The zero-order valence-corrected chi connectivity index (χ0v) is 19.1. The zero-order valence-electron chi connectivity index (χ0n) is 19.1. The van der Waals surface area contributed by atoms with E-state index < -0.39 is 11.6 Å². The van der Waals surface area contributed by atoms with Crippen molar-refractivity contribution in [2.45, 2.75) is 58.4 Å². The second-order valence-corrected chi connectivity index (χ2v) is 9.50. The van der Waals surface area contributed by atoms with Gasteiger partial charge >= 0.3 is 6.03 Å². The van der Waals surface area contributed by atoms with Gasteiger partial charge in [0.15, 0.2) is 0 Å². The van der Waals surface area contributed by atoms with Gasteiger partial charge in [-0.3, -0.25) is 14.5 Å². The van der Waals surface area contributed by atoms with Crippen molar-refractivity contribution < 1.29 is 19.1 Å². The number of carbonyl (C=O) groups excluding carboxylic acids is 3. The van der Waals surface area contributed by atoms with Crippen LogP contribution >= 0.6 is 0 Å². The van der Waals surface area contributed by atoms with Crippen LogP contribution in [0.2, 0.25) is 0 Å². The highest BCUT2D eigenvalue weighted by molar-refractivity contribution is 6.09. The highest BCUT2D eigenvalue weighted by atomic mass is 16.5. The molecule has 0 radical (unpaired) electrons. The SMILES string of the molecule is CCC(C)(C)C1CCC2(CC1)NC(=O)N(CC(=O)N(C)CCOc1ccccc1)C2=O. The van der Waals surface area contributed by atoms with E-state index in [0.29, 0.717) is 31.9 Å². The number of nitrogens with one attached hydrogen (secondary N) is 1. The Morgan fingerprint density at radius 2 is 1.87 bits per heavy atom. The number of para-hydroxylation sites is 1. The summed E-state index contributed by atoms with van der Waals surface area (Å²) in [5, 5.41) is 2.91. The van der Waals surface area contributed by atoms with Crippen LogP contribution in [0.5, 0.6) is 5.75 Å². The Balaban J connectivity index is 1.52. The normalized spacial score (nSPS) is 23.7. The predicted molar refractivity (Wildman–Crippen MR) is 119 cm³/mol. The Kier molecular flexibility index (Phi) is 6.92. The van der Waals surface area contributed by atoms with Crippen LogP contribution in [-0.4, -0.2) is 59.9 Å². The third-order valence-electron chi connectivity index (χ3n) is 7.26. The van der Waals surface area contributed by atoms with Crippen LogP contribution < -0.4 is 10.1 Å². The average Bonchev–Trinajstić information content (AvgIpc) is 2.98. The molecule has 4 amide bonds. The van der Waals surface area contributed by atoms with Crippen molar-refractivity contribution in [1.82, 2.24) is 15.1 Å². The Morgan fingerprint density at radius 3 is 2.48 bits per heavy atom. The van der Waals surface area contributed by atoms with Crippen molar-refractivity contribution in [3.8, 4) is 5.75 Å². The van der Waals surface area contributed by atoms with Gasteiger partial charge in [-0.25, -0.2) is 4.79 Å². The van der Waals surface area contributed by atoms with E-state index in [1.807, 2.05) is 30.3 Å². The molecule has 1 aliphatic heterocycles. The molecule has 1 N–H and O–H groups in total. The number of hydrogen-bond acceptors (Lipinski definition) is 4. The van der Waals surface area contributed by atoms with Crippen LogP contribution in [0, 0.1) is 11.3 Å². The van der Waals surface area contributed by atoms with Crippen LogP contribution in [0.3, 0.4) is 0 Å². The molecule has 1 aliphatic carbocycles. The number of carbonyl (C=O) groups is 3. The van der Waals surface area contributed by atoms with Gasteiger partial charge in [0.05, 0.1) is 6.54 Å². The minimum Gasteiger partial charge on any atom is -0.492 e. The minimum atomic E-state index is -0.841. The van der Waals surface area contributed by atoms with Gasteiger partial charge in [-0.05, 0) is 49.1 Å². The number of hydrogen-bond donors (Lipinski definition) is 1. The van der Waals surface area contributed by atoms with Crippen LogP contribution in [0.15, 0.2) is 30.3 Å². The van der Waals surface area contributed by atoms with Gasteiger partial charge in [-0.1, -0.05) is 45.4 Å². The smallest absolute Gasteiger partial charge is 0.325 e. The summed E-state index contributed by atoms with van der Waals surface area (Å²) in [5.41, 5.74) is -0.611. The number of rotatable bonds is 8. The van der Waals surface area contributed by atoms with E-state index in [9.17, 15) is 14.4 Å². The van der Waals surface area contributed by atoms with Crippen molar-refractivity contribution in [3.63, 3.8) is 0 Å². The number of ether oxygens (including phenoxy) is 1. The van der Waals surface area contributed by atoms with E-state index >= 15 is 0 Å². The van der Waals surface area contributed by atoms with E-state index in [2.05, 4.69) is 26.1 Å². The summed E-state index contributed by atoms with van der Waals surface area (Å²) in [5.74, 6) is 0.742. The molecule has 3 rings (SSSR count). The average molecular weight is 430 g/mol. The summed E-state index contributed by atoms with van der Waals surface area (Å²) in [6.45, 7) is 7.21. The lowest BCUT2D eigenvalue weighted by Gasteiger charge is -2.42. The monoisotopic (exact) mass is 429 g/mol. The first-order valence-corrected chi connectivity index (χ1v) is 11.2. The number of amides is 4. The Labute approximate surface area is 185 Å². The maximum Gasteiger partial charge on any atom is 0.325 e. The summed E-state index contributed by atoms with van der Waals surface area (Å²) in [7, 11) is 1.66. The molecule has 0 atom stereocenters. The van der Waals surface area contributed by atoms with Crippen LogP contribution in [0.25, 0.3) is 0 Å². The Hall–Kier alpha value is -2.57. The molecule has 2 fully saturated rings. The van der Waals surface area contributed by atoms with E-state index in [1.165, 1.54) is 4.90 Å². The molecule has 170 valence electrons. The fourth-order valence-electron chi connectivity index (χ4n) is 4.54. The predicted octanol–water partition coefficient (Wildman–Crippen LogP) is 3.44. The maximum atomic E-state index is 13.1. The van der Waals surface area contributed by atoms with Gasteiger partial charge in [0.25, 0.3) is 5.91 Å². The van der Waals surface area contributed by atoms with Crippen LogP contribution in [0.4, 0.5) is 4.79 Å². The molecule has 1 aromatic rings. The fraction of sp³-hybridized carbons (Fsp3) is 0.625. The number of nitrogens with zero attached hydrogens (tertiary/aromatic N) is 2. The van der Waals surface area contributed by atoms with E-state index in [1.54, 1.807) is 7.05 Å². The summed E-state index contributed by atoms with van der Waals surface area (Å²) in [6.07, 6.45) is 4.18. The lowest BCUT2D eigenvalue weighted by Crippen LogP contribution is -2.51. The molecule has 7 heteroatoms. The molecule has 0 bridgehead atoms. The first-order chi connectivity index (χ1) is 14.7. The molecule has 1 saturated carbocycles. The van der Waals surface area contributed by atoms with Crippen molar-refractivity contribution in [3.05, 3.63) is 30.3 Å². The lowest BCUT2D eigenvalue weighted by atomic mass is 9.65. The molecule has 0 aromatic heterocycles. The first-order valence-electron chi connectivity index (χ1n) is 11.2. The summed E-state index contributed by atoms with van der Waals surface area (Å²) < 4.78 is 5.62. The van der Waals surface area contributed by atoms with E-state index in [-0.39, 0.29) is 23.8 Å². The summed E-state index contributed by atoms with van der Waals surface area (Å²) >= 11 is 0. The van der Waals surface area contributed by atoms with Gasteiger partial charge < -0.3 is 15.0 Å². The summed E-state index contributed by atoms with van der Waals surface area (Å²) in [4.78, 5) is 40.9. The topological polar surface area (TPSA) is 79.0 Å². The quantitative estimate of drug-likeness (QED) is 0.642. The summed E-state index contributed by atoms with van der Waals surface area (Å²) in [6, 6.07) is 8.92. The molecule has 0 unspecified atom stereocenters. The molecule has 1 saturated heterocycles. The molecule has 1 heterocycles. The number of imide groups is 1. The lowest BCUT2D eigenvalue weighted by molar-refractivity contribution is -0.139. The second kappa shape index (κ2) is 9.28. The van der Waals surface area contributed by atoms with E-state index in [0.717, 1.165) is 29.9 Å². The molecule has 1 spiro atoms. The zero-order chi connectivity index (χ0) is 22.6. The van der Waals surface area contributed by atoms with Crippen LogP contribution in [0.1, 0.15) is 52.9 Å². The molecular weight excluding hydrogens is 394 g/mol. The number of benzene rings is 1. The molecule has 31 heavy (non-hydrogen) atoms. The third-order valence-corrected chi connectivity index (χ3v) is 7.26. The molecule has 1 aromatic carbocycles. The minimum absolute atomic E-state index is 0.230. The molecule has 2 aliphatic rings. The van der Waals surface area contributed by atoms with Crippen LogP contribution in [-0.2, 0) is 9.59 Å². The van der Waals surface area contributed by atoms with Crippen molar-refractivity contribution in [1.29, 1.82) is 0 Å². The van der Waals surface area contributed by atoms with Gasteiger partial charge in [0.2, 0.25) is 5.91 Å². The van der Waals surface area contributed by atoms with Gasteiger partial charge in [-0.15, -0.1) is 0 Å². The molecule has 7 nitrogen and oxygen atoms in total. The van der Waals surface area contributed by atoms with Crippen molar-refractivity contribution >= 4 is 17.8 Å². The maximum absolute atomic E-state index is 13.1. The second-order valence-electron chi connectivity index (χ2n) is 9.50. The number of urea groups is 1. The Morgan fingerprint density at radius 1 is 1.23 bits per heavy atom. The van der Waals surface area contributed by atoms with Gasteiger partial charge in [0, 0.05) is 7.05 Å². The highest BCUT2D eigenvalue weighted by Crippen LogP contribution is 2.45. The number of likely N-dealkylation sites (N-methyl/N-ethyl adjacent to an activating group) is 1. The Bertz CT molecular complexity index is 800. The fourth-order valence-corrected chi connectivity index (χ4v) is 4.54.